The van der Waals surface area contributed by atoms with Gasteiger partial charge in [0.25, 0.3) is 0 Å². The van der Waals surface area contributed by atoms with Crippen molar-refractivity contribution >= 4 is 21.7 Å². The number of hydrogen-bond donors (Lipinski definition) is 1. The summed E-state index contributed by atoms with van der Waals surface area (Å²) in [5, 5.41) is 0. The van der Waals surface area contributed by atoms with Crippen LogP contribution in [0.2, 0.25) is 0 Å². The van der Waals surface area contributed by atoms with Gasteiger partial charge in [-0.3, -0.25) is 0 Å². The summed E-state index contributed by atoms with van der Waals surface area (Å²) in [7, 11) is 0. The SMILES string of the molecule is CC(C)c1ccc(Oc2nc(N)cc(Br)n2)cc1. The highest BCUT2D eigenvalue weighted by atomic mass is 79.9. The van der Waals surface area contributed by atoms with Gasteiger partial charge in [-0.2, -0.15) is 9.97 Å². The van der Waals surface area contributed by atoms with E-state index in [4.69, 9.17) is 10.5 Å². The Morgan fingerprint density at radius 1 is 1.17 bits per heavy atom. The third-order valence-electron chi connectivity index (χ3n) is 2.45. The number of hydrogen-bond acceptors (Lipinski definition) is 4. The van der Waals surface area contributed by atoms with Gasteiger partial charge in [-0.25, -0.2) is 0 Å². The lowest BCUT2D eigenvalue weighted by Gasteiger charge is -2.07. The minimum absolute atomic E-state index is 0.235. The van der Waals surface area contributed by atoms with Crippen LogP contribution >= 0.6 is 15.9 Å². The summed E-state index contributed by atoms with van der Waals surface area (Å²) in [5.41, 5.74) is 6.88. The molecule has 18 heavy (non-hydrogen) atoms. The summed E-state index contributed by atoms with van der Waals surface area (Å²) in [6.07, 6.45) is 0. The lowest BCUT2D eigenvalue weighted by Crippen LogP contribution is -1.97. The highest BCUT2D eigenvalue weighted by Gasteiger charge is 2.04. The summed E-state index contributed by atoms with van der Waals surface area (Å²) >= 11 is 3.25. The highest BCUT2D eigenvalue weighted by Crippen LogP contribution is 2.23. The third-order valence-corrected chi connectivity index (χ3v) is 2.86. The van der Waals surface area contributed by atoms with E-state index >= 15 is 0 Å². The zero-order valence-corrected chi connectivity index (χ0v) is 11.8. The van der Waals surface area contributed by atoms with E-state index in [9.17, 15) is 0 Å². The maximum atomic E-state index is 5.62. The Morgan fingerprint density at radius 3 is 2.39 bits per heavy atom. The molecule has 1 aromatic carbocycles. The van der Waals surface area contributed by atoms with Crippen molar-refractivity contribution in [1.29, 1.82) is 0 Å². The Kier molecular flexibility index (Phi) is 3.81. The van der Waals surface area contributed by atoms with Gasteiger partial charge in [0.2, 0.25) is 0 Å². The number of ether oxygens (including phenoxy) is 1. The van der Waals surface area contributed by atoms with Crippen molar-refractivity contribution in [2.45, 2.75) is 19.8 Å². The summed E-state index contributed by atoms with van der Waals surface area (Å²) in [4.78, 5) is 8.09. The first kappa shape index (κ1) is 12.8. The second kappa shape index (κ2) is 5.35. The Bertz CT molecular complexity index is 520. The van der Waals surface area contributed by atoms with Crippen LogP contribution in [0.25, 0.3) is 0 Å². The van der Waals surface area contributed by atoms with Crippen LogP contribution < -0.4 is 10.5 Å². The number of nitrogens with two attached hydrogens (primary N) is 1. The van der Waals surface area contributed by atoms with Gasteiger partial charge in [0.15, 0.2) is 0 Å². The summed E-state index contributed by atoms with van der Waals surface area (Å²) in [6.45, 7) is 4.29. The van der Waals surface area contributed by atoms with Crippen LogP contribution in [0.3, 0.4) is 0 Å². The molecule has 94 valence electrons. The molecule has 0 fully saturated rings. The maximum Gasteiger partial charge on any atom is 0.325 e. The van der Waals surface area contributed by atoms with Gasteiger partial charge < -0.3 is 10.5 Å². The molecule has 1 heterocycles. The lowest BCUT2D eigenvalue weighted by molar-refractivity contribution is 0.441. The summed E-state index contributed by atoms with van der Waals surface area (Å²) in [5.74, 6) is 1.55. The van der Waals surface area contributed by atoms with Gasteiger partial charge in [0.05, 0.1) is 0 Å². The third kappa shape index (κ3) is 3.20. The molecule has 0 atom stereocenters. The Morgan fingerprint density at radius 2 is 1.83 bits per heavy atom. The van der Waals surface area contributed by atoms with Crippen LogP contribution in [0, 0.1) is 0 Å². The molecule has 0 aliphatic rings. The molecule has 1 aromatic heterocycles. The Hall–Kier alpha value is -1.62. The number of aromatic nitrogens is 2. The molecule has 4 nitrogen and oxygen atoms in total. The predicted molar refractivity (Wildman–Crippen MR) is 74.7 cm³/mol. The molecule has 0 spiro atoms. The maximum absolute atomic E-state index is 5.62. The first-order valence-electron chi connectivity index (χ1n) is 5.62. The van der Waals surface area contributed by atoms with Crippen molar-refractivity contribution < 1.29 is 4.74 Å². The standard InChI is InChI=1S/C13H14BrN3O/c1-8(2)9-3-5-10(6-4-9)18-13-16-11(14)7-12(15)17-13/h3-8H,1-2H3,(H2,15,16,17). The average Bonchev–Trinajstić information content (AvgIpc) is 2.28. The molecule has 0 bridgehead atoms. The van der Waals surface area contributed by atoms with E-state index < -0.39 is 0 Å². The number of anilines is 1. The van der Waals surface area contributed by atoms with Crippen LogP contribution in [-0.4, -0.2) is 9.97 Å². The number of halogens is 1. The van der Waals surface area contributed by atoms with Crippen molar-refractivity contribution in [3.8, 4) is 11.8 Å². The molecule has 5 heteroatoms. The number of benzene rings is 1. The molecule has 0 aliphatic heterocycles. The molecule has 2 N–H and O–H groups in total. The van der Waals surface area contributed by atoms with Gasteiger partial charge in [-0.1, -0.05) is 26.0 Å². The topological polar surface area (TPSA) is 61.0 Å². The average molecular weight is 308 g/mol. The van der Waals surface area contributed by atoms with E-state index in [0.717, 1.165) is 0 Å². The van der Waals surface area contributed by atoms with E-state index in [0.29, 0.717) is 22.1 Å². The molecular weight excluding hydrogens is 294 g/mol. The van der Waals surface area contributed by atoms with Gasteiger partial charge >= 0.3 is 6.01 Å². The van der Waals surface area contributed by atoms with Crippen LogP contribution in [-0.2, 0) is 0 Å². The van der Waals surface area contributed by atoms with E-state index in [1.807, 2.05) is 24.3 Å². The van der Waals surface area contributed by atoms with Crippen molar-refractivity contribution in [3.05, 3.63) is 40.5 Å². The summed E-state index contributed by atoms with van der Waals surface area (Å²) < 4.78 is 6.14. The fourth-order valence-corrected chi connectivity index (χ4v) is 1.87. The molecule has 0 radical (unpaired) electrons. The first-order chi connectivity index (χ1) is 8.54. The molecule has 0 saturated carbocycles. The van der Waals surface area contributed by atoms with Crippen LogP contribution in [0.5, 0.6) is 11.8 Å². The highest BCUT2D eigenvalue weighted by molar-refractivity contribution is 9.10. The van der Waals surface area contributed by atoms with Crippen LogP contribution in [0.4, 0.5) is 5.82 Å². The second-order valence-electron chi connectivity index (χ2n) is 4.22. The van der Waals surface area contributed by atoms with Crippen LogP contribution in [0.1, 0.15) is 25.3 Å². The van der Waals surface area contributed by atoms with Gasteiger partial charge in [-0.15, -0.1) is 0 Å². The zero-order valence-electron chi connectivity index (χ0n) is 10.2. The fourth-order valence-electron chi connectivity index (χ4n) is 1.49. The molecule has 2 aromatic rings. The van der Waals surface area contributed by atoms with Crippen molar-refractivity contribution in [3.63, 3.8) is 0 Å². The van der Waals surface area contributed by atoms with Crippen molar-refractivity contribution in [2.24, 2.45) is 0 Å². The minimum atomic E-state index is 0.235. The van der Waals surface area contributed by atoms with Gasteiger partial charge in [0.1, 0.15) is 16.2 Å². The van der Waals surface area contributed by atoms with Crippen molar-refractivity contribution in [1.82, 2.24) is 9.97 Å². The molecule has 0 saturated heterocycles. The van der Waals surface area contributed by atoms with E-state index in [1.54, 1.807) is 6.07 Å². The molecule has 0 amide bonds. The van der Waals surface area contributed by atoms with E-state index in [-0.39, 0.29) is 6.01 Å². The fraction of sp³-hybridized carbons (Fsp3) is 0.231. The second-order valence-corrected chi connectivity index (χ2v) is 5.04. The summed E-state index contributed by atoms with van der Waals surface area (Å²) in [6, 6.07) is 9.71. The first-order valence-corrected chi connectivity index (χ1v) is 6.42. The Labute approximate surface area is 114 Å². The van der Waals surface area contributed by atoms with E-state index in [2.05, 4.69) is 39.7 Å². The smallest absolute Gasteiger partial charge is 0.325 e. The van der Waals surface area contributed by atoms with Crippen LogP contribution in [0.15, 0.2) is 34.9 Å². The molecule has 2 rings (SSSR count). The van der Waals surface area contributed by atoms with Gasteiger partial charge in [-0.05, 0) is 39.5 Å². The quantitative estimate of drug-likeness (QED) is 0.878. The molecule has 0 unspecified atom stereocenters. The number of nitrogens with zero attached hydrogens (tertiary/aromatic N) is 2. The number of nitrogen functional groups attached to an aromatic ring is 1. The van der Waals surface area contributed by atoms with Gasteiger partial charge in [0, 0.05) is 6.07 Å². The predicted octanol–water partition coefficient (Wildman–Crippen LogP) is 3.74. The minimum Gasteiger partial charge on any atom is -0.424 e. The monoisotopic (exact) mass is 307 g/mol. The Balaban J connectivity index is 2.18. The number of rotatable bonds is 3. The van der Waals surface area contributed by atoms with Crippen molar-refractivity contribution in [2.75, 3.05) is 5.73 Å². The molecule has 0 aliphatic carbocycles. The molecular formula is C13H14BrN3O. The lowest BCUT2D eigenvalue weighted by atomic mass is 10.0. The largest absolute Gasteiger partial charge is 0.424 e. The van der Waals surface area contributed by atoms with E-state index in [1.165, 1.54) is 5.56 Å². The zero-order chi connectivity index (χ0) is 13.1. The normalized spacial score (nSPS) is 10.7.